The van der Waals surface area contributed by atoms with Gasteiger partial charge in [-0.05, 0) is 24.8 Å². The van der Waals surface area contributed by atoms with Gasteiger partial charge < -0.3 is 15.5 Å². The Morgan fingerprint density at radius 1 is 1.47 bits per heavy atom. The lowest BCUT2D eigenvalue weighted by atomic mass is 9.77. The number of nitrogens with one attached hydrogen (secondary N) is 1. The number of aromatic hydroxyl groups is 1. The predicted molar refractivity (Wildman–Crippen MR) is 72.4 cm³/mol. The molecule has 106 valence electrons. The van der Waals surface area contributed by atoms with Crippen LogP contribution >= 0.6 is 0 Å². The van der Waals surface area contributed by atoms with Crippen molar-refractivity contribution in [1.82, 2.24) is 5.32 Å². The summed E-state index contributed by atoms with van der Waals surface area (Å²) >= 11 is 0. The second kappa shape index (κ2) is 5.88. The van der Waals surface area contributed by atoms with Gasteiger partial charge in [-0.25, -0.2) is 4.39 Å². The van der Waals surface area contributed by atoms with Gasteiger partial charge in [0.05, 0.1) is 6.61 Å². The van der Waals surface area contributed by atoms with Gasteiger partial charge in [-0.3, -0.25) is 0 Å². The number of para-hydroxylation sites is 1. The van der Waals surface area contributed by atoms with Gasteiger partial charge in [-0.1, -0.05) is 31.9 Å². The van der Waals surface area contributed by atoms with Gasteiger partial charge in [0, 0.05) is 17.6 Å². The third-order valence-electron chi connectivity index (χ3n) is 4.12. The van der Waals surface area contributed by atoms with Crippen molar-refractivity contribution in [2.24, 2.45) is 5.92 Å². The van der Waals surface area contributed by atoms with Crippen LogP contribution < -0.4 is 5.32 Å². The highest BCUT2D eigenvalue weighted by molar-refractivity contribution is 5.33. The quantitative estimate of drug-likeness (QED) is 0.786. The Balaban J connectivity index is 2.05. The molecule has 1 saturated carbocycles. The number of benzene rings is 1. The minimum atomic E-state index is -0.602. The van der Waals surface area contributed by atoms with E-state index in [1.165, 1.54) is 12.5 Å². The Kier molecular flexibility index (Phi) is 4.42. The molecule has 0 spiro atoms. The first kappa shape index (κ1) is 14.3. The van der Waals surface area contributed by atoms with Gasteiger partial charge in [0.1, 0.15) is 0 Å². The third-order valence-corrected chi connectivity index (χ3v) is 4.12. The molecule has 2 atom stereocenters. The molecule has 0 radical (unpaired) electrons. The molecule has 1 aliphatic carbocycles. The van der Waals surface area contributed by atoms with E-state index in [0.717, 1.165) is 19.3 Å². The number of phenolic OH excluding ortho intramolecular Hbond substituents is 1. The summed E-state index contributed by atoms with van der Waals surface area (Å²) in [5.41, 5.74) is 0.238. The van der Waals surface area contributed by atoms with Gasteiger partial charge in [-0.15, -0.1) is 0 Å². The first-order chi connectivity index (χ1) is 9.06. The maximum Gasteiger partial charge on any atom is 0.165 e. The standard InChI is InChI=1S/C15H22FNO2/c1-11-4-3-7-15(8-11,10-18)17-9-12-5-2-6-13(16)14(12)19/h2,5-6,11,17-19H,3-4,7-10H2,1H3. The first-order valence-corrected chi connectivity index (χ1v) is 6.88. The maximum absolute atomic E-state index is 13.3. The van der Waals surface area contributed by atoms with E-state index < -0.39 is 5.82 Å². The molecular weight excluding hydrogens is 245 g/mol. The molecule has 3 nitrogen and oxygen atoms in total. The number of hydrogen-bond donors (Lipinski definition) is 3. The van der Waals surface area contributed by atoms with E-state index in [2.05, 4.69) is 12.2 Å². The van der Waals surface area contributed by atoms with Gasteiger partial charge in [-0.2, -0.15) is 0 Å². The van der Waals surface area contributed by atoms with Gasteiger partial charge >= 0.3 is 0 Å². The highest BCUT2D eigenvalue weighted by atomic mass is 19.1. The van der Waals surface area contributed by atoms with E-state index in [-0.39, 0.29) is 17.9 Å². The van der Waals surface area contributed by atoms with Crippen LogP contribution in [0.5, 0.6) is 5.75 Å². The zero-order chi connectivity index (χ0) is 13.9. The average Bonchev–Trinajstić information content (AvgIpc) is 2.40. The van der Waals surface area contributed by atoms with Crippen molar-refractivity contribution in [2.75, 3.05) is 6.61 Å². The topological polar surface area (TPSA) is 52.5 Å². The van der Waals surface area contributed by atoms with Crippen LogP contribution in [0.25, 0.3) is 0 Å². The fourth-order valence-corrected chi connectivity index (χ4v) is 3.01. The fraction of sp³-hybridized carbons (Fsp3) is 0.600. The van der Waals surface area contributed by atoms with Crippen molar-refractivity contribution in [3.63, 3.8) is 0 Å². The second-order valence-electron chi connectivity index (χ2n) is 5.74. The molecule has 4 heteroatoms. The summed E-state index contributed by atoms with van der Waals surface area (Å²) < 4.78 is 13.3. The second-order valence-corrected chi connectivity index (χ2v) is 5.74. The smallest absolute Gasteiger partial charge is 0.165 e. The number of hydrogen-bond acceptors (Lipinski definition) is 3. The lowest BCUT2D eigenvalue weighted by molar-refractivity contribution is 0.0980. The molecule has 0 aromatic heterocycles. The zero-order valence-electron chi connectivity index (χ0n) is 11.3. The van der Waals surface area contributed by atoms with Crippen LogP contribution in [0.3, 0.4) is 0 Å². The van der Waals surface area contributed by atoms with Crippen LogP contribution in [0.1, 0.15) is 38.2 Å². The molecule has 2 rings (SSSR count). The summed E-state index contributed by atoms with van der Waals surface area (Å²) in [7, 11) is 0. The molecule has 1 aliphatic rings. The van der Waals surface area contributed by atoms with Crippen LogP contribution in [-0.4, -0.2) is 22.4 Å². The van der Waals surface area contributed by atoms with Crippen molar-refractivity contribution in [1.29, 1.82) is 0 Å². The molecule has 0 heterocycles. The minimum Gasteiger partial charge on any atom is -0.505 e. The van der Waals surface area contributed by atoms with Crippen LogP contribution in [0.4, 0.5) is 4.39 Å². The van der Waals surface area contributed by atoms with E-state index in [9.17, 15) is 14.6 Å². The van der Waals surface area contributed by atoms with E-state index >= 15 is 0 Å². The number of aliphatic hydroxyl groups excluding tert-OH is 1. The van der Waals surface area contributed by atoms with Crippen molar-refractivity contribution in [3.8, 4) is 5.75 Å². The van der Waals surface area contributed by atoms with Gasteiger partial charge in [0.2, 0.25) is 0 Å². The first-order valence-electron chi connectivity index (χ1n) is 6.88. The Hall–Kier alpha value is -1.13. The average molecular weight is 267 g/mol. The molecule has 0 bridgehead atoms. The Labute approximate surface area is 113 Å². The highest BCUT2D eigenvalue weighted by Crippen LogP contribution is 2.32. The van der Waals surface area contributed by atoms with Crippen LogP contribution in [-0.2, 0) is 6.54 Å². The molecule has 1 fully saturated rings. The molecule has 0 saturated heterocycles. The van der Waals surface area contributed by atoms with E-state index in [4.69, 9.17) is 0 Å². The van der Waals surface area contributed by atoms with Crippen molar-refractivity contribution in [2.45, 2.75) is 44.7 Å². The van der Waals surface area contributed by atoms with Crippen LogP contribution in [0.15, 0.2) is 18.2 Å². The lowest BCUT2D eigenvalue weighted by Crippen LogP contribution is -2.51. The fourth-order valence-electron chi connectivity index (χ4n) is 3.01. The van der Waals surface area contributed by atoms with Gasteiger partial charge in [0.25, 0.3) is 0 Å². The minimum absolute atomic E-state index is 0.0768. The van der Waals surface area contributed by atoms with Crippen LogP contribution in [0.2, 0.25) is 0 Å². The monoisotopic (exact) mass is 267 g/mol. The summed E-state index contributed by atoms with van der Waals surface area (Å²) in [6.45, 7) is 2.63. The number of aliphatic hydroxyl groups is 1. The molecule has 1 aromatic rings. The zero-order valence-corrected chi connectivity index (χ0v) is 11.3. The van der Waals surface area contributed by atoms with E-state index in [1.54, 1.807) is 12.1 Å². The molecule has 1 aromatic carbocycles. The molecule has 2 unspecified atom stereocenters. The molecule has 0 amide bonds. The Bertz CT molecular complexity index is 438. The third kappa shape index (κ3) is 3.25. The Morgan fingerprint density at radius 3 is 2.95 bits per heavy atom. The summed E-state index contributed by atoms with van der Waals surface area (Å²) in [4.78, 5) is 0. The number of phenols is 1. The largest absolute Gasteiger partial charge is 0.505 e. The molecule has 3 N–H and O–H groups in total. The van der Waals surface area contributed by atoms with Crippen LogP contribution in [0, 0.1) is 11.7 Å². The SMILES string of the molecule is CC1CCCC(CO)(NCc2cccc(F)c2O)C1. The summed E-state index contributed by atoms with van der Waals surface area (Å²) in [5, 5.41) is 22.6. The number of halogens is 1. The van der Waals surface area contributed by atoms with E-state index in [1.807, 2.05) is 0 Å². The van der Waals surface area contributed by atoms with Crippen molar-refractivity contribution in [3.05, 3.63) is 29.6 Å². The molecule has 0 aliphatic heterocycles. The lowest BCUT2D eigenvalue weighted by Gasteiger charge is -2.39. The van der Waals surface area contributed by atoms with E-state index in [0.29, 0.717) is 18.0 Å². The normalized spacial score (nSPS) is 27.4. The predicted octanol–water partition coefficient (Wildman–Crippen LogP) is 2.56. The van der Waals surface area contributed by atoms with Crippen molar-refractivity contribution < 1.29 is 14.6 Å². The van der Waals surface area contributed by atoms with Crippen molar-refractivity contribution >= 4 is 0 Å². The molecular formula is C15H22FNO2. The highest BCUT2D eigenvalue weighted by Gasteiger charge is 2.33. The maximum atomic E-state index is 13.3. The summed E-state index contributed by atoms with van der Waals surface area (Å²) in [6.07, 6.45) is 4.11. The number of rotatable bonds is 4. The molecule has 19 heavy (non-hydrogen) atoms. The Morgan fingerprint density at radius 2 is 2.26 bits per heavy atom. The summed E-state index contributed by atoms with van der Waals surface area (Å²) in [6, 6.07) is 4.52. The summed E-state index contributed by atoms with van der Waals surface area (Å²) in [5.74, 6) is -0.323. The van der Waals surface area contributed by atoms with Gasteiger partial charge in [0.15, 0.2) is 11.6 Å².